The van der Waals surface area contributed by atoms with Crippen molar-refractivity contribution in [2.45, 2.75) is 44.2 Å². The van der Waals surface area contributed by atoms with Crippen LogP contribution in [0.2, 0.25) is 0 Å². The van der Waals surface area contributed by atoms with E-state index < -0.39 is 0 Å². The quantitative estimate of drug-likeness (QED) is 0.624. The average Bonchev–Trinajstić information content (AvgIpc) is 2.48. The fraction of sp³-hybridized carbons (Fsp3) is 1.00. The van der Waals surface area contributed by atoms with Crippen LogP contribution in [0.5, 0.6) is 0 Å². The first-order chi connectivity index (χ1) is 9.71. The zero-order valence-corrected chi connectivity index (χ0v) is 13.4. The van der Waals surface area contributed by atoms with Gasteiger partial charge in [0.1, 0.15) is 0 Å². The molecule has 1 rings (SSSR count). The minimum atomic E-state index is -0.101. The van der Waals surface area contributed by atoms with Gasteiger partial charge >= 0.3 is 0 Å². The normalized spacial score (nSPS) is 27.1. The number of likely N-dealkylation sites (N-methyl/N-ethyl adjacent to an activating group) is 1. The summed E-state index contributed by atoms with van der Waals surface area (Å²) in [5, 5.41) is 13.3. The molecule has 0 aromatic rings. The number of hydrogen-bond acceptors (Lipinski definition) is 5. The molecule has 5 nitrogen and oxygen atoms in total. The Balaban J connectivity index is 2.63. The molecule has 120 valence electrons. The SMILES string of the molecule is CCNC1(CO)CCCC(N(CCOC)CCOC)C1. The van der Waals surface area contributed by atoms with Gasteiger partial charge in [0.2, 0.25) is 0 Å². The van der Waals surface area contributed by atoms with Gasteiger partial charge < -0.3 is 19.9 Å². The highest BCUT2D eigenvalue weighted by molar-refractivity contribution is 4.96. The third kappa shape index (κ3) is 5.30. The van der Waals surface area contributed by atoms with Crippen molar-refractivity contribution in [3.63, 3.8) is 0 Å². The molecule has 0 aliphatic heterocycles. The summed E-state index contributed by atoms with van der Waals surface area (Å²) in [7, 11) is 3.48. The van der Waals surface area contributed by atoms with E-state index in [2.05, 4.69) is 17.1 Å². The fourth-order valence-corrected chi connectivity index (χ4v) is 3.27. The van der Waals surface area contributed by atoms with Crippen LogP contribution in [0.25, 0.3) is 0 Å². The second-order valence-corrected chi connectivity index (χ2v) is 5.74. The summed E-state index contributed by atoms with van der Waals surface area (Å²) in [6, 6.07) is 0.500. The first-order valence-electron chi connectivity index (χ1n) is 7.79. The molecule has 20 heavy (non-hydrogen) atoms. The third-order valence-electron chi connectivity index (χ3n) is 4.36. The van der Waals surface area contributed by atoms with E-state index in [4.69, 9.17) is 9.47 Å². The van der Waals surface area contributed by atoms with E-state index in [0.717, 1.165) is 52.1 Å². The van der Waals surface area contributed by atoms with Crippen LogP contribution in [0.3, 0.4) is 0 Å². The van der Waals surface area contributed by atoms with E-state index >= 15 is 0 Å². The Morgan fingerprint density at radius 1 is 1.25 bits per heavy atom. The summed E-state index contributed by atoms with van der Waals surface area (Å²) in [6.45, 7) is 6.58. The summed E-state index contributed by atoms with van der Waals surface area (Å²) in [5.74, 6) is 0. The Labute approximate surface area is 123 Å². The van der Waals surface area contributed by atoms with Gasteiger partial charge in [0.25, 0.3) is 0 Å². The van der Waals surface area contributed by atoms with Crippen molar-refractivity contribution < 1.29 is 14.6 Å². The minimum Gasteiger partial charge on any atom is -0.394 e. The first-order valence-corrected chi connectivity index (χ1v) is 7.79. The van der Waals surface area contributed by atoms with Gasteiger partial charge in [-0.3, -0.25) is 4.90 Å². The number of aliphatic hydroxyl groups is 1. The van der Waals surface area contributed by atoms with E-state index in [0.29, 0.717) is 6.04 Å². The Hall–Kier alpha value is -0.200. The molecule has 0 aromatic carbocycles. The average molecular weight is 288 g/mol. The zero-order valence-electron chi connectivity index (χ0n) is 13.4. The van der Waals surface area contributed by atoms with Gasteiger partial charge in [-0.25, -0.2) is 0 Å². The summed E-state index contributed by atoms with van der Waals surface area (Å²) >= 11 is 0. The Morgan fingerprint density at radius 2 is 1.90 bits per heavy atom. The van der Waals surface area contributed by atoms with Crippen LogP contribution in [-0.2, 0) is 9.47 Å². The fourth-order valence-electron chi connectivity index (χ4n) is 3.27. The summed E-state index contributed by atoms with van der Waals surface area (Å²) in [6.07, 6.45) is 4.43. The van der Waals surface area contributed by atoms with Crippen LogP contribution in [0.1, 0.15) is 32.6 Å². The van der Waals surface area contributed by atoms with Gasteiger partial charge in [0, 0.05) is 38.9 Å². The van der Waals surface area contributed by atoms with E-state index in [1.54, 1.807) is 14.2 Å². The van der Waals surface area contributed by atoms with Gasteiger partial charge in [0.05, 0.1) is 19.8 Å². The number of rotatable bonds is 10. The van der Waals surface area contributed by atoms with Gasteiger partial charge in [-0.1, -0.05) is 6.92 Å². The molecule has 1 aliphatic rings. The van der Waals surface area contributed by atoms with Gasteiger partial charge in [-0.2, -0.15) is 0 Å². The van der Waals surface area contributed by atoms with Gasteiger partial charge in [0.15, 0.2) is 0 Å². The molecule has 0 radical (unpaired) electrons. The Bertz CT molecular complexity index is 241. The van der Waals surface area contributed by atoms with Crippen LogP contribution < -0.4 is 5.32 Å². The second-order valence-electron chi connectivity index (χ2n) is 5.74. The Morgan fingerprint density at radius 3 is 2.40 bits per heavy atom. The molecule has 0 bridgehead atoms. The molecule has 0 aromatic heterocycles. The summed E-state index contributed by atoms with van der Waals surface area (Å²) < 4.78 is 10.4. The molecule has 1 fully saturated rings. The van der Waals surface area contributed by atoms with Crippen LogP contribution >= 0.6 is 0 Å². The number of methoxy groups -OCH3 is 2. The van der Waals surface area contributed by atoms with Crippen molar-refractivity contribution in [1.82, 2.24) is 10.2 Å². The molecule has 0 spiro atoms. The molecule has 2 atom stereocenters. The van der Waals surface area contributed by atoms with E-state index in [-0.39, 0.29) is 12.1 Å². The van der Waals surface area contributed by atoms with Crippen LogP contribution in [0.15, 0.2) is 0 Å². The van der Waals surface area contributed by atoms with Crippen LogP contribution in [0.4, 0.5) is 0 Å². The Kier molecular flexibility index (Phi) is 8.64. The van der Waals surface area contributed by atoms with Crippen LogP contribution in [0, 0.1) is 0 Å². The smallest absolute Gasteiger partial charge is 0.0613 e. The first kappa shape index (κ1) is 17.9. The van der Waals surface area contributed by atoms with Crippen molar-refractivity contribution >= 4 is 0 Å². The molecular weight excluding hydrogens is 256 g/mol. The van der Waals surface area contributed by atoms with Gasteiger partial charge in [-0.05, 0) is 32.2 Å². The maximum Gasteiger partial charge on any atom is 0.0613 e. The number of ether oxygens (including phenoxy) is 2. The molecule has 5 heteroatoms. The van der Waals surface area contributed by atoms with Crippen molar-refractivity contribution in [3.8, 4) is 0 Å². The van der Waals surface area contributed by atoms with Gasteiger partial charge in [-0.15, -0.1) is 0 Å². The van der Waals surface area contributed by atoms with E-state index in [1.165, 1.54) is 6.42 Å². The predicted molar refractivity (Wildman–Crippen MR) is 81.1 cm³/mol. The molecule has 2 unspecified atom stereocenters. The van der Waals surface area contributed by atoms with E-state index in [1.807, 2.05) is 0 Å². The lowest BCUT2D eigenvalue weighted by Crippen LogP contribution is -2.56. The highest BCUT2D eigenvalue weighted by atomic mass is 16.5. The summed E-state index contributed by atoms with van der Waals surface area (Å²) in [5.41, 5.74) is -0.101. The molecule has 1 aliphatic carbocycles. The number of aliphatic hydroxyl groups excluding tert-OH is 1. The molecular formula is C15H32N2O3. The van der Waals surface area contributed by atoms with Crippen molar-refractivity contribution in [2.24, 2.45) is 0 Å². The standard InChI is InChI=1S/C15H32N2O3/c1-4-16-15(13-18)7-5-6-14(12-15)17(8-10-19-2)9-11-20-3/h14,16,18H,4-13H2,1-3H3. The molecule has 0 amide bonds. The second kappa shape index (κ2) is 9.68. The lowest BCUT2D eigenvalue weighted by atomic mass is 9.78. The highest BCUT2D eigenvalue weighted by Gasteiger charge is 2.37. The van der Waals surface area contributed by atoms with Crippen molar-refractivity contribution in [1.29, 1.82) is 0 Å². The molecule has 2 N–H and O–H groups in total. The van der Waals surface area contributed by atoms with Crippen LogP contribution in [-0.4, -0.2) is 75.3 Å². The number of hydrogen-bond donors (Lipinski definition) is 2. The largest absolute Gasteiger partial charge is 0.394 e. The van der Waals surface area contributed by atoms with Crippen molar-refractivity contribution in [2.75, 3.05) is 53.7 Å². The third-order valence-corrected chi connectivity index (χ3v) is 4.36. The maximum atomic E-state index is 9.79. The van der Waals surface area contributed by atoms with Crippen molar-refractivity contribution in [3.05, 3.63) is 0 Å². The molecule has 0 heterocycles. The minimum absolute atomic E-state index is 0.101. The summed E-state index contributed by atoms with van der Waals surface area (Å²) in [4.78, 5) is 2.45. The zero-order chi connectivity index (χ0) is 14.8. The molecule has 1 saturated carbocycles. The number of nitrogens with zero attached hydrogens (tertiary/aromatic N) is 1. The predicted octanol–water partition coefficient (Wildman–Crippen LogP) is 0.864. The maximum absolute atomic E-state index is 9.79. The highest BCUT2D eigenvalue weighted by Crippen LogP contribution is 2.31. The monoisotopic (exact) mass is 288 g/mol. The lowest BCUT2D eigenvalue weighted by Gasteiger charge is -2.44. The topological polar surface area (TPSA) is 54.0 Å². The van der Waals surface area contributed by atoms with E-state index in [9.17, 15) is 5.11 Å². The lowest BCUT2D eigenvalue weighted by molar-refractivity contribution is 0.0337. The number of nitrogens with one attached hydrogen (secondary N) is 1. The molecule has 0 saturated heterocycles.